The molecule has 2 atom stereocenters. The fraction of sp³-hybridized carbons (Fsp3) is 0.800. The molecule has 0 spiro atoms. The Labute approximate surface area is 117 Å². The first-order chi connectivity index (χ1) is 8.95. The Morgan fingerprint density at radius 1 is 1.37 bits per heavy atom. The predicted octanol–water partition coefficient (Wildman–Crippen LogP) is 3.00. The topological polar surface area (TPSA) is 39.1 Å². The van der Waals surface area contributed by atoms with Gasteiger partial charge in [0.25, 0.3) is 0 Å². The molecule has 2 unspecified atom stereocenters. The van der Waals surface area contributed by atoms with Gasteiger partial charge in [-0.3, -0.25) is 4.68 Å². The van der Waals surface area contributed by atoms with E-state index in [9.17, 15) is 0 Å². The van der Waals surface area contributed by atoms with E-state index in [1.165, 1.54) is 5.69 Å². The number of nitrogens with one attached hydrogen (secondary N) is 1. The number of aromatic nitrogens is 2. The summed E-state index contributed by atoms with van der Waals surface area (Å²) in [5, 5.41) is 7.98. The average Bonchev–Trinajstić information content (AvgIpc) is 2.76. The van der Waals surface area contributed by atoms with E-state index < -0.39 is 0 Å². The molecule has 0 saturated heterocycles. The van der Waals surface area contributed by atoms with Crippen LogP contribution in [0.25, 0.3) is 0 Å². The lowest BCUT2D eigenvalue weighted by molar-refractivity contribution is -0.0136. The molecule has 1 rings (SSSR count). The molecule has 0 aliphatic rings. The molecular formula is C15H29N3O. The molecule has 0 saturated carbocycles. The van der Waals surface area contributed by atoms with Crippen LogP contribution in [-0.4, -0.2) is 29.5 Å². The summed E-state index contributed by atoms with van der Waals surface area (Å²) in [5.41, 5.74) is 1.29. The minimum absolute atomic E-state index is 0.0723. The quantitative estimate of drug-likeness (QED) is 0.825. The Balaban J connectivity index is 3.07. The Bertz CT molecular complexity index is 368. The largest absolute Gasteiger partial charge is 0.379 e. The van der Waals surface area contributed by atoms with E-state index in [2.05, 4.69) is 55.8 Å². The third kappa shape index (κ3) is 4.05. The van der Waals surface area contributed by atoms with Gasteiger partial charge in [0.05, 0.1) is 17.8 Å². The van der Waals surface area contributed by atoms with Gasteiger partial charge in [-0.15, -0.1) is 0 Å². The van der Waals surface area contributed by atoms with Crippen LogP contribution in [0.4, 0.5) is 0 Å². The van der Waals surface area contributed by atoms with Crippen molar-refractivity contribution in [2.24, 2.45) is 5.41 Å². The molecule has 1 aromatic heterocycles. The van der Waals surface area contributed by atoms with Crippen molar-refractivity contribution in [3.05, 3.63) is 18.0 Å². The molecule has 1 aromatic rings. The number of hydrogen-bond acceptors (Lipinski definition) is 3. The molecular weight excluding hydrogens is 238 g/mol. The zero-order chi connectivity index (χ0) is 14.5. The zero-order valence-corrected chi connectivity index (χ0v) is 13.2. The number of ether oxygens (including phenoxy) is 1. The van der Waals surface area contributed by atoms with E-state index in [4.69, 9.17) is 4.74 Å². The molecule has 0 radical (unpaired) electrons. The van der Waals surface area contributed by atoms with Crippen LogP contribution >= 0.6 is 0 Å². The number of rotatable bonds is 7. The molecule has 110 valence electrons. The molecule has 4 nitrogen and oxygen atoms in total. The first kappa shape index (κ1) is 16.2. The van der Waals surface area contributed by atoms with Crippen LogP contribution in [0, 0.1) is 5.41 Å². The maximum Gasteiger partial charge on any atom is 0.0829 e. The highest BCUT2D eigenvalue weighted by atomic mass is 16.5. The lowest BCUT2D eigenvalue weighted by Crippen LogP contribution is -2.42. The minimum Gasteiger partial charge on any atom is -0.379 e. The first-order valence-corrected chi connectivity index (χ1v) is 7.23. The summed E-state index contributed by atoms with van der Waals surface area (Å²) >= 11 is 0. The molecule has 1 N–H and O–H groups in total. The van der Waals surface area contributed by atoms with Gasteiger partial charge in [-0.25, -0.2) is 0 Å². The standard InChI is InChI=1S/C15H29N3O/c1-7-11-18-12(9-10-17-18)13(16-8-2)14(19-6)15(3,4)5/h9-10,13-14,16H,7-8,11H2,1-6H3. The first-order valence-electron chi connectivity index (χ1n) is 7.23. The molecule has 4 heteroatoms. The van der Waals surface area contributed by atoms with Gasteiger partial charge in [0.2, 0.25) is 0 Å². The van der Waals surface area contributed by atoms with Crippen molar-refractivity contribution < 1.29 is 4.74 Å². The van der Waals surface area contributed by atoms with Gasteiger partial charge < -0.3 is 10.1 Å². The Kier molecular flexibility index (Phi) is 6.01. The van der Waals surface area contributed by atoms with Crippen molar-refractivity contribution in [3.8, 4) is 0 Å². The van der Waals surface area contributed by atoms with Crippen molar-refractivity contribution in [2.75, 3.05) is 13.7 Å². The van der Waals surface area contributed by atoms with E-state index in [0.717, 1.165) is 19.5 Å². The molecule has 19 heavy (non-hydrogen) atoms. The summed E-state index contributed by atoms with van der Waals surface area (Å²) in [6, 6.07) is 2.27. The summed E-state index contributed by atoms with van der Waals surface area (Å²) in [5.74, 6) is 0. The third-order valence-corrected chi connectivity index (χ3v) is 3.34. The van der Waals surface area contributed by atoms with Gasteiger partial charge >= 0.3 is 0 Å². The smallest absolute Gasteiger partial charge is 0.0829 e. The Hall–Kier alpha value is -0.870. The van der Waals surface area contributed by atoms with E-state index in [0.29, 0.717) is 0 Å². The van der Waals surface area contributed by atoms with Crippen LogP contribution in [-0.2, 0) is 11.3 Å². The monoisotopic (exact) mass is 267 g/mol. The number of aryl methyl sites for hydroxylation is 1. The minimum atomic E-state index is 0.0723. The number of nitrogens with zero attached hydrogens (tertiary/aromatic N) is 2. The van der Waals surface area contributed by atoms with Gasteiger partial charge in [-0.1, -0.05) is 34.6 Å². The highest BCUT2D eigenvalue weighted by molar-refractivity contribution is 5.11. The summed E-state index contributed by atoms with van der Waals surface area (Å²) in [6.45, 7) is 12.8. The lowest BCUT2D eigenvalue weighted by Gasteiger charge is -2.36. The molecule has 0 aromatic carbocycles. The molecule has 0 fully saturated rings. The predicted molar refractivity (Wildman–Crippen MR) is 79.2 cm³/mol. The SMILES string of the molecule is CCCn1nccc1C(NCC)C(OC)C(C)(C)C. The van der Waals surface area contributed by atoms with Crippen LogP contribution in [0.15, 0.2) is 12.3 Å². The Morgan fingerprint density at radius 3 is 2.53 bits per heavy atom. The summed E-state index contributed by atoms with van der Waals surface area (Å²) in [7, 11) is 1.79. The van der Waals surface area contributed by atoms with Gasteiger partial charge in [-0.2, -0.15) is 5.10 Å². The van der Waals surface area contributed by atoms with Gasteiger partial charge in [0.15, 0.2) is 0 Å². The zero-order valence-electron chi connectivity index (χ0n) is 13.2. The van der Waals surface area contributed by atoms with Gasteiger partial charge in [0.1, 0.15) is 0 Å². The second-order valence-electron chi connectivity index (χ2n) is 6.04. The normalized spacial score (nSPS) is 15.5. The third-order valence-electron chi connectivity index (χ3n) is 3.34. The summed E-state index contributed by atoms with van der Waals surface area (Å²) in [4.78, 5) is 0. The maximum absolute atomic E-state index is 5.78. The van der Waals surface area contributed by atoms with Crippen molar-refractivity contribution >= 4 is 0 Å². The number of hydrogen-bond donors (Lipinski definition) is 1. The van der Waals surface area contributed by atoms with Gasteiger partial charge in [0, 0.05) is 19.9 Å². The summed E-state index contributed by atoms with van der Waals surface area (Å²) < 4.78 is 7.87. The van der Waals surface area contributed by atoms with Gasteiger partial charge in [-0.05, 0) is 24.4 Å². The molecule has 0 aliphatic heterocycles. The highest BCUT2D eigenvalue weighted by Crippen LogP contribution is 2.32. The fourth-order valence-electron chi connectivity index (χ4n) is 2.58. The second-order valence-corrected chi connectivity index (χ2v) is 6.04. The molecule has 0 aliphatic carbocycles. The van der Waals surface area contributed by atoms with Crippen LogP contribution in [0.3, 0.4) is 0 Å². The lowest BCUT2D eigenvalue weighted by atomic mass is 9.83. The molecule has 0 bridgehead atoms. The van der Waals surface area contributed by atoms with Crippen molar-refractivity contribution in [1.82, 2.24) is 15.1 Å². The van der Waals surface area contributed by atoms with Crippen molar-refractivity contribution in [1.29, 1.82) is 0 Å². The van der Waals surface area contributed by atoms with Crippen LogP contribution in [0.5, 0.6) is 0 Å². The fourth-order valence-corrected chi connectivity index (χ4v) is 2.58. The van der Waals surface area contributed by atoms with E-state index in [1.807, 2.05) is 6.20 Å². The van der Waals surface area contributed by atoms with Crippen LogP contribution in [0.2, 0.25) is 0 Å². The van der Waals surface area contributed by atoms with E-state index in [-0.39, 0.29) is 17.6 Å². The van der Waals surface area contributed by atoms with E-state index >= 15 is 0 Å². The average molecular weight is 267 g/mol. The highest BCUT2D eigenvalue weighted by Gasteiger charge is 2.34. The number of methoxy groups -OCH3 is 1. The number of likely N-dealkylation sites (N-methyl/N-ethyl adjacent to an activating group) is 1. The van der Waals surface area contributed by atoms with Crippen molar-refractivity contribution in [2.45, 2.75) is 59.7 Å². The van der Waals surface area contributed by atoms with Crippen molar-refractivity contribution in [3.63, 3.8) is 0 Å². The van der Waals surface area contributed by atoms with E-state index in [1.54, 1.807) is 7.11 Å². The molecule has 0 amide bonds. The summed E-state index contributed by atoms with van der Waals surface area (Å²) in [6.07, 6.45) is 3.07. The van der Waals surface area contributed by atoms with Crippen LogP contribution in [0.1, 0.15) is 52.8 Å². The Morgan fingerprint density at radius 2 is 2.05 bits per heavy atom. The second kappa shape index (κ2) is 7.06. The maximum atomic E-state index is 5.78. The van der Waals surface area contributed by atoms with Crippen LogP contribution < -0.4 is 5.32 Å². The molecule has 1 heterocycles.